The molecule has 0 heterocycles. The lowest BCUT2D eigenvalue weighted by atomic mass is 10.1. The van der Waals surface area contributed by atoms with Crippen LogP contribution in [-0.2, 0) is 6.42 Å². The van der Waals surface area contributed by atoms with Crippen LogP contribution in [0.5, 0.6) is 5.75 Å². The Kier molecular flexibility index (Phi) is 3.13. The lowest BCUT2D eigenvalue weighted by molar-refractivity contribution is 0.167. The van der Waals surface area contributed by atoms with E-state index in [4.69, 9.17) is 4.74 Å². The first-order valence-corrected chi connectivity index (χ1v) is 6.44. The van der Waals surface area contributed by atoms with Gasteiger partial charge in [0.15, 0.2) is 0 Å². The second-order valence-electron chi connectivity index (χ2n) is 4.83. The molecule has 0 saturated carbocycles. The zero-order valence-electron chi connectivity index (χ0n) is 10.8. The van der Waals surface area contributed by atoms with Gasteiger partial charge < -0.3 is 15.2 Å². The predicted octanol–water partition coefficient (Wildman–Crippen LogP) is 2.77. The number of benzene rings is 2. The summed E-state index contributed by atoms with van der Waals surface area (Å²) < 4.78 is 5.13. The van der Waals surface area contributed by atoms with E-state index in [0.717, 1.165) is 23.4 Å². The maximum atomic E-state index is 10.3. The fourth-order valence-electron chi connectivity index (χ4n) is 2.61. The summed E-state index contributed by atoms with van der Waals surface area (Å²) in [4.78, 5) is 0. The van der Waals surface area contributed by atoms with Crippen molar-refractivity contribution in [1.29, 1.82) is 0 Å². The average Bonchev–Trinajstić information content (AvgIpc) is 2.77. The SMILES string of the molecule is COc1ccc(N[C@@H]2Cc3ccccc3[C@H]2O)cc1. The summed E-state index contributed by atoms with van der Waals surface area (Å²) in [5, 5.41) is 13.7. The third kappa shape index (κ3) is 2.29. The highest BCUT2D eigenvalue weighted by Crippen LogP contribution is 2.33. The molecule has 1 aliphatic rings. The molecule has 0 fully saturated rings. The van der Waals surface area contributed by atoms with Crippen LogP contribution in [-0.4, -0.2) is 18.3 Å². The molecule has 2 aromatic carbocycles. The van der Waals surface area contributed by atoms with Gasteiger partial charge in [0, 0.05) is 5.69 Å². The fraction of sp³-hybridized carbons (Fsp3) is 0.250. The van der Waals surface area contributed by atoms with Crippen molar-refractivity contribution in [3.8, 4) is 5.75 Å². The van der Waals surface area contributed by atoms with Crippen LogP contribution in [0, 0.1) is 0 Å². The van der Waals surface area contributed by atoms with E-state index >= 15 is 0 Å². The number of hydrogen-bond acceptors (Lipinski definition) is 3. The predicted molar refractivity (Wildman–Crippen MR) is 75.5 cm³/mol. The van der Waals surface area contributed by atoms with Crippen molar-refractivity contribution in [2.75, 3.05) is 12.4 Å². The van der Waals surface area contributed by atoms with Crippen molar-refractivity contribution >= 4 is 5.69 Å². The number of anilines is 1. The molecule has 3 rings (SSSR count). The van der Waals surface area contributed by atoms with Crippen molar-refractivity contribution in [3.05, 3.63) is 59.7 Å². The van der Waals surface area contributed by atoms with Crippen LogP contribution in [0.1, 0.15) is 17.2 Å². The fourth-order valence-corrected chi connectivity index (χ4v) is 2.61. The number of aliphatic hydroxyl groups excluding tert-OH is 1. The van der Waals surface area contributed by atoms with Gasteiger partial charge in [0.05, 0.1) is 19.3 Å². The lowest BCUT2D eigenvalue weighted by Gasteiger charge is -2.18. The normalized spacial score (nSPS) is 20.9. The number of rotatable bonds is 3. The Balaban J connectivity index is 1.75. The van der Waals surface area contributed by atoms with Crippen molar-refractivity contribution in [2.24, 2.45) is 0 Å². The third-order valence-electron chi connectivity index (χ3n) is 3.64. The van der Waals surface area contributed by atoms with Gasteiger partial charge >= 0.3 is 0 Å². The molecular weight excluding hydrogens is 238 g/mol. The molecule has 0 bridgehead atoms. The Morgan fingerprint density at radius 3 is 2.53 bits per heavy atom. The number of fused-ring (bicyclic) bond motifs is 1. The summed E-state index contributed by atoms with van der Waals surface area (Å²) in [6, 6.07) is 15.9. The molecule has 2 aromatic rings. The first kappa shape index (κ1) is 12.1. The van der Waals surface area contributed by atoms with Crippen molar-refractivity contribution in [1.82, 2.24) is 0 Å². The van der Waals surface area contributed by atoms with Crippen LogP contribution in [0.25, 0.3) is 0 Å². The molecule has 19 heavy (non-hydrogen) atoms. The van der Waals surface area contributed by atoms with Crippen molar-refractivity contribution in [3.63, 3.8) is 0 Å². The van der Waals surface area contributed by atoms with Crippen LogP contribution in [0.2, 0.25) is 0 Å². The molecule has 0 radical (unpaired) electrons. The van der Waals surface area contributed by atoms with E-state index in [1.165, 1.54) is 5.56 Å². The largest absolute Gasteiger partial charge is 0.497 e. The minimum Gasteiger partial charge on any atom is -0.497 e. The number of aliphatic hydroxyl groups is 1. The highest BCUT2D eigenvalue weighted by molar-refractivity contribution is 5.49. The smallest absolute Gasteiger partial charge is 0.119 e. The third-order valence-corrected chi connectivity index (χ3v) is 3.64. The van der Waals surface area contributed by atoms with E-state index in [1.54, 1.807) is 7.11 Å². The van der Waals surface area contributed by atoms with Crippen molar-refractivity contribution in [2.45, 2.75) is 18.6 Å². The van der Waals surface area contributed by atoms with Crippen LogP contribution >= 0.6 is 0 Å². The molecule has 0 aliphatic heterocycles. The van der Waals surface area contributed by atoms with Gasteiger partial charge in [-0.2, -0.15) is 0 Å². The number of nitrogens with one attached hydrogen (secondary N) is 1. The number of hydrogen-bond donors (Lipinski definition) is 2. The van der Waals surface area contributed by atoms with Crippen molar-refractivity contribution < 1.29 is 9.84 Å². The van der Waals surface area contributed by atoms with Crippen LogP contribution in [0.15, 0.2) is 48.5 Å². The van der Waals surface area contributed by atoms with Gasteiger partial charge in [0.25, 0.3) is 0 Å². The molecule has 98 valence electrons. The Morgan fingerprint density at radius 1 is 1.11 bits per heavy atom. The molecule has 1 aliphatic carbocycles. The van der Waals surface area contributed by atoms with Gasteiger partial charge in [-0.1, -0.05) is 24.3 Å². The quantitative estimate of drug-likeness (QED) is 0.886. The van der Waals surface area contributed by atoms with Gasteiger partial charge in [0.2, 0.25) is 0 Å². The average molecular weight is 255 g/mol. The summed E-state index contributed by atoms with van der Waals surface area (Å²) in [5.74, 6) is 0.834. The monoisotopic (exact) mass is 255 g/mol. The molecule has 0 amide bonds. The second-order valence-corrected chi connectivity index (χ2v) is 4.83. The Labute approximate surface area is 112 Å². The summed E-state index contributed by atoms with van der Waals surface area (Å²) in [6.45, 7) is 0. The molecule has 0 saturated heterocycles. The molecule has 0 aromatic heterocycles. The Morgan fingerprint density at radius 2 is 1.84 bits per heavy atom. The topological polar surface area (TPSA) is 41.5 Å². The van der Waals surface area contributed by atoms with E-state index in [0.29, 0.717) is 0 Å². The Hall–Kier alpha value is -2.00. The van der Waals surface area contributed by atoms with Crippen LogP contribution in [0.3, 0.4) is 0 Å². The molecule has 0 unspecified atom stereocenters. The van der Waals surface area contributed by atoms with Crippen LogP contribution < -0.4 is 10.1 Å². The molecule has 3 nitrogen and oxygen atoms in total. The highest BCUT2D eigenvalue weighted by atomic mass is 16.5. The summed E-state index contributed by atoms with van der Waals surface area (Å²) in [5.41, 5.74) is 3.26. The maximum absolute atomic E-state index is 10.3. The molecular formula is C16H17NO2. The summed E-state index contributed by atoms with van der Waals surface area (Å²) >= 11 is 0. The number of ether oxygens (including phenoxy) is 1. The van der Waals surface area contributed by atoms with E-state index in [1.807, 2.05) is 42.5 Å². The zero-order valence-corrected chi connectivity index (χ0v) is 10.8. The van der Waals surface area contributed by atoms with Gasteiger partial charge in [0.1, 0.15) is 5.75 Å². The van der Waals surface area contributed by atoms with Crippen LogP contribution in [0.4, 0.5) is 5.69 Å². The van der Waals surface area contributed by atoms with E-state index in [9.17, 15) is 5.11 Å². The lowest BCUT2D eigenvalue weighted by Crippen LogP contribution is -2.24. The minimum atomic E-state index is -0.446. The first-order chi connectivity index (χ1) is 9.28. The van der Waals surface area contributed by atoms with E-state index < -0.39 is 6.10 Å². The summed E-state index contributed by atoms with van der Waals surface area (Å²) in [7, 11) is 1.65. The van der Waals surface area contributed by atoms with Gasteiger partial charge in [-0.25, -0.2) is 0 Å². The second kappa shape index (κ2) is 4.94. The van der Waals surface area contributed by atoms with E-state index in [-0.39, 0.29) is 6.04 Å². The Bertz CT molecular complexity index is 565. The van der Waals surface area contributed by atoms with Gasteiger partial charge in [-0.15, -0.1) is 0 Å². The van der Waals surface area contributed by atoms with E-state index in [2.05, 4.69) is 11.4 Å². The highest BCUT2D eigenvalue weighted by Gasteiger charge is 2.30. The first-order valence-electron chi connectivity index (χ1n) is 6.44. The molecule has 2 N–H and O–H groups in total. The van der Waals surface area contributed by atoms with Gasteiger partial charge in [-0.3, -0.25) is 0 Å². The zero-order chi connectivity index (χ0) is 13.2. The minimum absolute atomic E-state index is 0.0331. The molecule has 3 heteroatoms. The maximum Gasteiger partial charge on any atom is 0.119 e. The van der Waals surface area contributed by atoms with Gasteiger partial charge in [-0.05, 0) is 41.8 Å². The number of methoxy groups -OCH3 is 1. The molecule has 0 spiro atoms. The summed E-state index contributed by atoms with van der Waals surface area (Å²) in [6.07, 6.45) is 0.405. The molecule has 2 atom stereocenters. The standard InChI is InChI=1S/C16H17NO2/c1-19-13-8-6-12(7-9-13)17-15-10-11-4-2-3-5-14(11)16(15)18/h2-9,15-18H,10H2,1H3/t15-,16-/m1/s1.